The van der Waals surface area contributed by atoms with E-state index in [-0.39, 0.29) is 0 Å². The lowest BCUT2D eigenvalue weighted by atomic mass is 10.2. The van der Waals surface area contributed by atoms with Gasteiger partial charge >= 0.3 is 0 Å². The van der Waals surface area contributed by atoms with Crippen LogP contribution in [0.3, 0.4) is 0 Å². The highest BCUT2D eigenvalue weighted by Crippen LogP contribution is 2.18. The number of H-pyrrole nitrogens is 1. The van der Waals surface area contributed by atoms with Gasteiger partial charge in [0.25, 0.3) is 0 Å². The van der Waals surface area contributed by atoms with Crippen LogP contribution in [0.15, 0.2) is 24.3 Å². The van der Waals surface area contributed by atoms with Crippen LogP contribution in [-0.4, -0.2) is 37.2 Å². The monoisotopic (exact) mass is 249 g/mol. The fraction of sp³-hybridized carbons (Fsp3) is 0.333. The average molecular weight is 249 g/mol. The van der Waals surface area contributed by atoms with E-state index in [9.17, 15) is 0 Å². The summed E-state index contributed by atoms with van der Waals surface area (Å²) in [5.41, 5.74) is 1.02. The summed E-state index contributed by atoms with van der Waals surface area (Å²) in [4.78, 5) is 8.83. The van der Waals surface area contributed by atoms with Crippen molar-refractivity contribution in [3.05, 3.63) is 29.0 Å². The van der Waals surface area contributed by atoms with Gasteiger partial charge in [-0.05, 0) is 24.4 Å². The SMILES string of the molecule is C[NH+](C)CCNc1nc(=S)[nH]c2ccccc12. The maximum atomic E-state index is 5.12. The number of rotatable bonds is 4. The Kier molecular flexibility index (Phi) is 3.71. The average Bonchev–Trinajstić information content (AvgIpc) is 2.28. The van der Waals surface area contributed by atoms with Gasteiger partial charge in [-0.1, -0.05) is 12.1 Å². The second-order valence-electron chi connectivity index (χ2n) is 4.32. The summed E-state index contributed by atoms with van der Waals surface area (Å²) >= 11 is 5.12. The highest BCUT2D eigenvalue weighted by molar-refractivity contribution is 7.71. The van der Waals surface area contributed by atoms with Crippen LogP contribution in [0, 0.1) is 4.77 Å². The predicted octanol–water partition coefficient (Wildman–Crippen LogP) is 0.849. The standard InChI is InChI=1S/C12H16N4S/c1-16(2)8-7-13-11-9-5-3-4-6-10(9)14-12(17)15-11/h3-6H,7-8H2,1-2H3,(H2,13,14,15,17)/p+1. The summed E-state index contributed by atoms with van der Waals surface area (Å²) in [5.74, 6) is 0.866. The molecule has 1 aromatic carbocycles. The van der Waals surface area contributed by atoms with E-state index >= 15 is 0 Å². The van der Waals surface area contributed by atoms with Crippen molar-refractivity contribution in [1.82, 2.24) is 9.97 Å². The second-order valence-corrected chi connectivity index (χ2v) is 4.71. The van der Waals surface area contributed by atoms with Gasteiger partial charge in [-0.25, -0.2) is 4.98 Å². The van der Waals surface area contributed by atoms with Gasteiger partial charge in [0.1, 0.15) is 5.82 Å². The van der Waals surface area contributed by atoms with E-state index in [0.29, 0.717) is 4.77 Å². The van der Waals surface area contributed by atoms with Crippen molar-refractivity contribution in [2.45, 2.75) is 0 Å². The van der Waals surface area contributed by atoms with E-state index in [0.717, 1.165) is 29.8 Å². The number of quaternary nitrogens is 1. The third-order valence-electron chi connectivity index (χ3n) is 2.55. The van der Waals surface area contributed by atoms with Gasteiger partial charge in [-0.15, -0.1) is 0 Å². The molecular weight excluding hydrogens is 232 g/mol. The Morgan fingerprint density at radius 3 is 2.88 bits per heavy atom. The normalized spacial score (nSPS) is 11.0. The van der Waals surface area contributed by atoms with E-state index in [1.807, 2.05) is 24.3 Å². The van der Waals surface area contributed by atoms with Gasteiger partial charge in [-0.2, -0.15) is 0 Å². The Bertz CT molecular complexity index is 562. The van der Waals surface area contributed by atoms with Gasteiger partial charge in [-0.3, -0.25) is 0 Å². The van der Waals surface area contributed by atoms with Crippen LogP contribution < -0.4 is 10.2 Å². The molecule has 2 rings (SSSR count). The van der Waals surface area contributed by atoms with Crippen molar-refractivity contribution in [2.75, 3.05) is 32.5 Å². The van der Waals surface area contributed by atoms with E-state index < -0.39 is 0 Å². The minimum Gasteiger partial charge on any atom is -0.364 e. The number of aromatic nitrogens is 2. The maximum absolute atomic E-state index is 5.12. The summed E-state index contributed by atoms with van der Waals surface area (Å²) in [6.45, 7) is 1.93. The lowest BCUT2D eigenvalue weighted by molar-refractivity contribution is -0.856. The van der Waals surface area contributed by atoms with Crippen LogP contribution in [0.25, 0.3) is 10.9 Å². The van der Waals surface area contributed by atoms with Crippen LogP contribution in [0.5, 0.6) is 0 Å². The molecule has 0 radical (unpaired) electrons. The number of hydrogen-bond donors (Lipinski definition) is 3. The molecule has 0 aliphatic carbocycles. The number of nitrogens with zero attached hydrogens (tertiary/aromatic N) is 1. The fourth-order valence-corrected chi connectivity index (χ4v) is 1.87. The Hall–Kier alpha value is -1.46. The molecule has 0 aliphatic heterocycles. The maximum Gasteiger partial charge on any atom is 0.199 e. The fourth-order valence-electron chi connectivity index (χ4n) is 1.67. The topological polar surface area (TPSA) is 45.1 Å². The van der Waals surface area contributed by atoms with Crippen molar-refractivity contribution < 1.29 is 4.90 Å². The largest absolute Gasteiger partial charge is 0.364 e. The highest BCUT2D eigenvalue weighted by atomic mass is 32.1. The molecule has 1 heterocycles. The van der Waals surface area contributed by atoms with Crippen molar-refractivity contribution in [3.8, 4) is 0 Å². The minimum absolute atomic E-state index is 0.517. The number of hydrogen-bond acceptors (Lipinski definition) is 3. The number of nitrogens with one attached hydrogen (secondary N) is 3. The summed E-state index contributed by atoms with van der Waals surface area (Å²) in [6.07, 6.45) is 0. The molecule has 5 heteroatoms. The van der Waals surface area contributed by atoms with Crippen LogP contribution in [0.2, 0.25) is 0 Å². The second kappa shape index (κ2) is 5.25. The number of para-hydroxylation sites is 1. The zero-order valence-electron chi connectivity index (χ0n) is 10.1. The molecule has 0 aliphatic rings. The third-order valence-corrected chi connectivity index (χ3v) is 2.75. The first-order valence-electron chi connectivity index (χ1n) is 5.69. The highest BCUT2D eigenvalue weighted by Gasteiger charge is 2.03. The zero-order chi connectivity index (χ0) is 12.3. The summed E-state index contributed by atoms with van der Waals surface area (Å²) < 4.78 is 0.517. The Morgan fingerprint density at radius 1 is 1.35 bits per heavy atom. The number of anilines is 1. The van der Waals surface area contributed by atoms with Crippen LogP contribution in [-0.2, 0) is 0 Å². The van der Waals surface area contributed by atoms with Gasteiger partial charge in [0.2, 0.25) is 0 Å². The van der Waals surface area contributed by atoms with E-state index in [1.165, 1.54) is 4.90 Å². The van der Waals surface area contributed by atoms with Crippen molar-refractivity contribution >= 4 is 28.9 Å². The van der Waals surface area contributed by atoms with E-state index in [2.05, 4.69) is 29.4 Å². The smallest absolute Gasteiger partial charge is 0.199 e. The first-order chi connectivity index (χ1) is 8.16. The molecule has 0 spiro atoms. The molecule has 17 heavy (non-hydrogen) atoms. The van der Waals surface area contributed by atoms with Crippen LogP contribution in [0.1, 0.15) is 0 Å². The molecule has 0 saturated carbocycles. The minimum atomic E-state index is 0.517. The molecule has 2 aromatic rings. The third kappa shape index (κ3) is 3.01. The first-order valence-corrected chi connectivity index (χ1v) is 6.09. The number of fused-ring (bicyclic) bond motifs is 1. The van der Waals surface area contributed by atoms with Gasteiger partial charge in [0, 0.05) is 5.39 Å². The molecule has 0 amide bonds. The molecular formula is C12H17N4S+. The number of likely N-dealkylation sites (N-methyl/N-ethyl adjacent to an activating group) is 1. The molecule has 4 nitrogen and oxygen atoms in total. The van der Waals surface area contributed by atoms with Crippen molar-refractivity contribution in [1.29, 1.82) is 0 Å². The van der Waals surface area contributed by atoms with Crippen LogP contribution >= 0.6 is 12.2 Å². The van der Waals surface area contributed by atoms with E-state index in [4.69, 9.17) is 12.2 Å². The summed E-state index contributed by atoms with van der Waals surface area (Å²) in [5, 5.41) is 4.42. The van der Waals surface area contributed by atoms with Crippen LogP contribution in [0.4, 0.5) is 5.82 Å². The van der Waals surface area contributed by atoms with Gasteiger partial charge in [0.15, 0.2) is 4.77 Å². The summed E-state index contributed by atoms with van der Waals surface area (Å²) in [6, 6.07) is 8.04. The van der Waals surface area contributed by atoms with Gasteiger partial charge in [0.05, 0.1) is 32.7 Å². The molecule has 0 atom stereocenters. The van der Waals surface area contributed by atoms with E-state index in [1.54, 1.807) is 0 Å². The molecule has 0 bridgehead atoms. The molecule has 3 N–H and O–H groups in total. The molecule has 0 saturated heterocycles. The Morgan fingerprint density at radius 2 is 2.12 bits per heavy atom. The molecule has 0 unspecified atom stereocenters. The lowest BCUT2D eigenvalue weighted by Crippen LogP contribution is -3.06. The number of aromatic amines is 1. The van der Waals surface area contributed by atoms with Gasteiger partial charge < -0.3 is 15.2 Å². The number of benzene rings is 1. The van der Waals surface area contributed by atoms with Crippen molar-refractivity contribution in [3.63, 3.8) is 0 Å². The molecule has 1 aromatic heterocycles. The van der Waals surface area contributed by atoms with Crippen molar-refractivity contribution in [2.24, 2.45) is 0 Å². The lowest BCUT2D eigenvalue weighted by Gasteiger charge is -2.10. The Labute approximate surface area is 106 Å². The predicted molar refractivity (Wildman–Crippen MR) is 73.1 cm³/mol. The quantitative estimate of drug-likeness (QED) is 0.704. The zero-order valence-corrected chi connectivity index (χ0v) is 10.9. The first kappa shape index (κ1) is 12.0. The molecule has 90 valence electrons. The summed E-state index contributed by atoms with van der Waals surface area (Å²) in [7, 11) is 4.26. The Balaban J connectivity index is 2.29. The molecule has 0 fully saturated rings.